The number of nitrogens with zero attached hydrogens (tertiary/aromatic N) is 2. The van der Waals surface area contributed by atoms with Crippen molar-refractivity contribution in [1.82, 2.24) is 4.90 Å². The quantitative estimate of drug-likeness (QED) is 0.812. The van der Waals surface area contributed by atoms with Gasteiger partial charge in [0.05, 0.1) is 17.9 Å². The third kappa shape index (κ3) is 3.85. The second kappa shape index (κ2) is 6.91. The second-order valence-electron chi connectivity index (χ2n) is 8.26. The molecule has 2 amide bonds. The highest BCUT2D eigenvalue weighted by molar-refractivity contribution is 6.02. The number of benzene rings is 1. The van der Waals surface area contributed by atoms with Crippen LogP contribution in [-0.4, -0.2) is 55.2 Å². The Morgan fingerprint density at radius 1 is 1.19 bits per heavy atom. The van der Waals surface area contributed by atoms with Crippen LogP contribution in [0.15, 0.2) is 18.2 Å². The van der Waals surface area contributed by atoms with Gasteiger partial charge < -0.3 is 14.4 Å². The van der Waals surface area contributed by atoms with E-state index < -0.39 is 0 Å². The molecule has 0 N–H and O–H groups in total. The largest absolute Gasteiger partial charge is 0.482 e. The van der Waals surface area contributed by atoms with E-state index in [1.807, 2.05) is 32.0 Å². The Morgan fingerprint density at radius 2 is 1.85 bits per heavy atom. The summed E-state index contributed by atoms with van der Waals surface area (Å²) in [5.41, 5.74) is 1.72. The maximum absolute atomic E-state index is 12.8. The maximum Gasteiger partial charge on any atom is 0.265 e. The Labute approximate surface area is 155 Å². The molecule has 0 saturated carbocycles. The molecule has 0 unspecified atom stereocenters. The van der Waals surface area contributed by atoms with Crippen LogP contribution in [0.4, 0.5) is 5.69 Å². The van der Waals surface area contributed by atoms with Crippen LogP contribution in [0.25, 0.3) is 0 Å². The van der Waals surface area contributed by atoms with Gasteiger partial charge in [0.25, 0.3) is 5.91 Å². The fraction of sp³-hybridized carbons (Fsp3) is 0.600. The maximum atomic E-state index is 12.8. The monoisotopic (exact) mass is 360 g/mol. The molecular weight excluding hydrogens is 332 g/mol. The molecule has 1 fully saturated rings. The Hall–Kier alpha value is -2.08. The van der Waals surface area contributed by atoms with Crippen LogP contribution in [-0.2, 0) is 19.7 Å². The molecule has 0 aliphatic carbocycles. The lowest BCUT2D eigenvalue weighted by Crippen LogP contribution is -2.52. The first-order valence-electron chi connectivity index (χ1n) is 9.16. The Morgan fingerprint density at radius 3 is 2.46 bits per heavy atom. The van der Waals surface area contributed by atoms with E-state index in [-0.39, 0.29) is 42.6 Å². The van der Waals surface area contributed by atoms with Gasteiger partial charge >= 0.3 is 0 Å². The molecular formula is C20H28N2O4. The highest BCUT2D eigenvalue weighted by Gasteiger charge is 2.32. The number of anilines is 1. The summed E-state index contributed by atoms with van der Waals surface area (Å²) in [6, 6.07) is 5.86. The van der Waals surface area contributed by atoms with E-state index in [1.165, 1.54) is 0 Å². The van der Waals surface area contributed by atoms with E-state index in [9.17, 15) is 9.59 Å². The first-order valence-corrected chi connectivity index (χ1v) is 9.16. The molecule has 3 rings (SSSR count). The third-order valence-corrected chi connectivity index (χ3v) is 4.83. The normalized spacial score (nSPS) is 23.5. The van der Waals surface area contributed by atoms with Gasteiger partial charge in [-0.3, -0.25) is 14.5 Å². The van der Waals surface area contributed by atoms with E-state index in [4.69, 9.17) is 9.47 Å². The van der Waals surface area contributed by atoms with Crippen molar-refractivity contribution < 1.29 is 19.1 Å². The zero-order valence-corrected chi connectivity index (χ0v) is 16.2. The number of hydrogen-bond acceptors (Lipinski definition) is 4. The first kappa shape index (κ1) is 18.7. The van der Waals surface area contributed by atoms with Gasteiger partial charge in [-0.15, -0.1) is 0 Å². The summed E-state index contributed by atoms with van der Waals surface area (Å²) < 4.78 is 11.3. The topological polar surface area (TPSA) is 59.1 Å². The van der Waals surface area contributed by atoms with Crippen molar-refractivity contribution in [3.05, 3.63) is 23.8 Å². The molecule has 1 aromatic rings. The highest BCUT2D eigenvalue weighted by atomic mass is 16.5. The van der Waals surface area contributed by atoms with Gasteiger partial charge in [-0.2, -0.15) is 0 Å². The van der Waals surface area contributed by atoms with Gasteiger partial charge in [0.15, 0.2) is 6.61 Å². The van der Waals surface area contributed by atoms with Crippen molar-refractivity contribution in [2.45, 2.75) is 52.2 Å². The number of morpholine rings is 1. The van der Waals surface area contributed by atoms with E-state index in [0.29, 0.717) is 24.5 Å². The summed E-state index contributed by atoms with van der Waals surface area (Å²) in [6.07, 6.45) is 0.00532. The van der Waals surface area contributed by atoms with Crippen molar-refractivity contribution in [3.8, 4) is 5.75 Å². The minimum Gasteiger partial charge on any atom is -0.482 e. The summed E-state index contributed by atoms with van der Waals surface area (Å²) in [6.45, 7) is 11.4. The predicted molar refractivity (Wildman–Crippen MR) is 99.6 cm³/mol. The van der Waals surface area contributed by atoms with E-state index >= 15 is 0 Å². The molecule has 2 aliphatic rings. The van der Waals surface area contributed by atoms with Crippen LogP contribution in [0.3, 0.4) is 0 Å². The van der Waals surface area contributed by atoms with Crippen molar-refractivity contribution >= 4 is 17.5 Å². The van der Waals surface area contributed by atoms with Crippen LogP contribution in [0, 0.1) is 0 Å². The summed E-state index contributed by atoms with van der Waals surface area (Å²) in [7, 11) is 0. The van der Waals surface area contributed by atoms with Crippen molar-refractivity contribution in [2.24, 2.45) is 0 Å². The van der Waals surface area contributed by atoms with Gasteiger partial charge in [-0.05, 0) is 37.0 Å². The van der Waals surface area contributed by atoms with Gasteiger partial charge in [0.2, 0.25) is 5.91 Å². The van der Waals surface area contributed by atoms with Gasteiger partial charge in [0.1, 0.15) is 12.3 Å². The smallest absolute Gasteiger partial charge is 0.265 e. The average Bonchev–Trinajstić information content (AvgIpc) is 2.55. The lowest BCUT2D eigenvalue weighted by atomic mass is 9.86. The summed E-state index contributed by atoms with van der Waals surface area (Å²) in [5, 5.41) is 0. The number of carbonyl (C=O) groups is 2. The van der Waals surface area contributed by atoms with Crippen molar-refractivity contribution in [3.63, 3.8) is 0 Å². The zero-order valence-electron chi connectivity index (χ0n) is 16.2. The number of hydrogen-bond donors (Lipinski definition) is 0. The molecule has 0 radical (unpaired) electrons. The van der Waals surface area contributed by atoms with Crippen molar-refractivity contribution in [2.75, 3.05) is 31.1 Å². The number of ether oxygens (including phenoxy) is 2. The first-order chi connectivity index (χ1) is 12.1. The standard InChI is InChI=1S/C20H28N2O4/c1-13-9-21(10-14(2)26-13)18(23)11-22-16-8-15(20(3,4)5)6-7-17(16)25-12-19(22)24/h6-8,13-14H,9-12H2,1-5H3/t13-,14-/m1/s1. The Bertz CT molecular complexity index is 700. The van der Waals surface area contributed by atoms with Crippen LogP contribution in [0.1, 0.15) is 40.2 Å². The van der Waals surface area contributed by atoms with E-state index in [0.717, 1.165) is 5.56 Å². The number of fused-ring (bicyclic) bond motifs is 1. The molecule has 142 valence electrons. The predicted octanol–water partition coefficient (Wildman–Crippen LogP) is 2.35. The molecule has 2 heterocycles. The third-order valence-electron chi connectivity index (χ3n) is 4.83. The zero-order chi connectivity index (χ0) is 19.1. The molecule has 0 aromatic heterocycles. The van der Waals surface area contributed by atoms with Crippen LogP contribution < -0.4 is 9.64 Å². The fourth-order valence-corrected chi connectivity index (χ4v) is 3.46. The highest BCUT2D eigenvalue weighted by Crippen LogP contribution is 2.36. The second-order valence-corrected chi connectivity index (χ2v) is 8.26. The lowest BCUT2D eigenvalue weighted by molar-refractivity contribution is -0.142. The van der Waals surface area contributed by atoms with Gasteiger partial charge in [0, 0.05) is 13.1 Å². The van der Waals surface area contributed by atoms with Gasteiger partial charge in [-0.1, -0.05) is 26.8 Å². The molecule has 2 aliphatic heterocycles. The fourth-order valence-electron chi connectivity index (χ4n) is 3.46. The average molecular weight is 360 g/mol. The molecule has 6 nitrogen and oxygen atoms in total. The van der Waals surface area contributed by atoms with Gasteiger partial charge in [-0.25, -0.2) is 0 Å². The number of amides is 2. The Balaban J connectivity index is 1.84. The van der Waals surface area contributed by atoms with Crippen LogP contribution in [0.2, 0.25) is 0 Å². The summed E-state index contributed by atoms with van der Waals surface area (Å²) in [5.74, 6) is 0.398. The molecule has 6 heteroatoms. The Kier molecular flexibility index (Phi) is 4.97. The molecule has 1 saturated heterocycles. The number of rotatable bonds is 2. The molecule has 2 atom stereocenters. The minimum absolute atomic E-state index is 0.00266. The van der Waals surface area contributed by atoms with Crippen molar-refractivity contribution in [1.29, 1.82) is 0 Å². The summed E-state index contributed by atoms with van der Waals surface area (Å²) >= 11 is 0. The lowest BCUT2D eigenvalue weighted by Gasteiger charge is -2.37. The molecule has 0 bridgehead atoms. The number of carbonyl (C=O) groups excluding carboxylic acids is 2. The summed E-state index contributed by atoms with van der Waals surface area (Å²) in [4.78, 5) is 28.6. The van der Waals surface area contributed by atoms with E-state index in [1.54, 1.807) is 9.80 Å². The van der Waals surface area contributed by atoms with Crippen LogP contribution >= 0.6 is 0 Å². The SMILES string of the molecule is C[C@@H]1CN(C(=O)CN2C(=O)COc3ccc(C(C)(C)C)cc32)C[C@@H](C)O1. The molecule has 0 spiro atoms. The molecule has 1 aromatic carbocycles. The molecule has 26 heavy (non-hydrogen) atoms. The van der Waals surface area contributed by atoms with E-state index in [2.05, 4.69) is 20.8 Å². The minimum atomic E-state index is -0.189. The van der Waals surface area contributed by atoms with Crippen LogP contribution in [0.5, 0.6) is 5.75 Å².